The van der Waals surface area contributed by atoms with Crippen LogP contribution in [0.3, 0.4) is 0 Å². The number of nitrogens with one attached hydrogen (secondary N) is 1. The third kappa shape index (κ3) is 2.14. The molecule has 0 saturated carbocycles. The lowest BCUT2D eigenvalue weighted by Gasteiger charge is -2.03. The van der Waals surface area contributed by atoms with Gasteiger partial charge in [0.2, 0.25) is 6.29 Å². The van der Waals surface area contributed by atoms with E-state index >= 15 is 0 Å². The molecule has 0 aliphatic carbocycles. The van der Waals surface area contributed by atoms with Gasteiger partial charge in [-0.2, -0.15) is 0 Å². The number of hydrogen-bond acceptors (Lipinski definition) is 2. The summed E-state index contributed by atoms with van der Waals surface area (Å²) in [6.07, 6.45) is 6.59. The van der Waals surface area contributed by atoms with Crippen molar-refractivity contribution >= 4 is 6.29 Å². The van der Waals surface area contributed by atoms with E-state index in [9.17, 15) is 4.79 Å². The Morgan fingerprint density at radius 2 is 2.22 bits per heavy atom. The Kier molecular flexibility index (Phi) is 2.71. The standard InChI is InChI=1S/C7H12NO/c9-6-7-4-2-1-3-5-8-7/h7-8H,1-5H2. The minimum atomic E-state index is 0.0208. The molecule has 1 aliphatic rings. The topological polar surface area (TPSA) is 29.1 Å². The van der Waals surface area contributed by atoms with Crippen molar-refractivity contribution in [2.45, 2.75) is 31.7 Å². The summed E-state index contributed by atoms with van der Waals surface area (Å²) < 4.78 is 0. The van der Waals surface area contributed by atoms with Crippen LogP contribution in [-0.4, -0.2) is 18.9 Å². The minimum absolute atomic E-state index is 0.0208. The molecule has 0 aromatic heterocycles. The molecule has 1 N–H and O–H groups in total. The number of rotatable bonds is 1. The minimum Gasteiger partial charge on any atom is -0.307 e. The van der Waals surface area contributed by atoms with Gasteiger partial charge in [0, 0.05) is 0 Å². The summed E-state index contributed by atoms with van der Waals surface area (Å²) in [5, 5.41) is 3.11. The van der Waals surface area contributed by atoms with E-state index in [1.807, 2.05) is 6.29 Å². The van der Waals surface area contributed by atoms with E-state index in [2.05, 4.69) is 5.32 Å². The van der Waals surface area contributed by atoms with Crippen LogP contribution in [-0.2, 0) is 4.79 Å². The fraction of sp³-hybridized carbons (Fsp3) is 0.857. The maximum atomic E-state index is 10.1. The Balaban J connectivity index is 2.26. The average Bonchev–Trinajstić information content (AvgIpc) is 2.13. The van der Waals surface area contributed by atoms with Crippen LogP contribution in [0.25, 0.3) is 0 Å². The maximum absolute atomic E-state index is 10.1. The van der Waals surface area contributed by atoms with Crippen LogP contribution in [0, 0.1) is 0 Å². The van der Waals surface area contributed by atoms with E-state index in [1.165, 1.54) is 19.3 Å². The predicted molar refractivity (Wildman–Crippen MR) is 36.0 cm³/mol. The Morgan fingerprint density at radius 1 is 1.33 bits per heavy atom. The Bertz CT molecular complexity index is 84.9. The van der Waals surface area contributed by atoms with Crippen LogP contribution < -0.4 is 5.32 Å². The highest BCUT2D eigenvalue weighted by Gasteiger charge is 2.09. The van der Waals surface area contributed by atoms with Crippen molar-refractivity contribution in [1.82, 2.24) is 5.32 Å². The lowest BCUT2D eigenvalue weighted by molar-refractivity contribution is 0.513. The van der Waals surface area contributed by atoms with E-state index in [4.69, 9.17) is 0 Å². The van der Waals surface area contributed by atoms with Gasteiger partial charge in [-0.3, -0.25) is 4.79 Å². The summed E-state index contributed by atoms with van der Waals surface area (Å²) in [6.45, 7) is 0.986. The first-order valence-corrected chi connectivity index (χ1v) is 3.54. The largest absolute Gasteiger partial charge is 0.307 e. The first-order chi connectivity index (χ1) is 4.43. The maximum Gasteiger partial charge on any atom is 0.216 e. The van der Waals surface area contributed by atoms with Crippen LogP contribution in [0.2, 0.25) is 0 Å². The Labute approximate surface area is 55.6 Å². The molecule has 0 amide bonds. The molecule has 1 atom stereocenters. The van der Waals surface area contributed by atoms with E-state index in [0.717, 1.165) is 13.0 Å². The van der Waals surface area contributed by atoms with Gasteiger partial charge in [0.1, 0.15) is 0 Å². The van der Waals surface area contributed by atoms with Crippen LogP contribution in [0.1, 0.15) is 25.7 Å². The van der Waals surface area contributed by atoms with Crippen LogP contribution in [0.15, 0.2) is 0 Å². The monoisotopic (exact) mass is 126 g/mol. The van der Waals surface area contributed by atoms with Gasteiger partial charge in [-0.25, -0.2) is 0 Å². The molecule has 51 valence electrons. The summed E-state index contributed by atoms with van der Waals surface area (Å²) in [5.41, 5.74) is 0. The van der Waals surface area contributed by atoms with Crippen molar-refractivity contribution in [3.63, 3.8) is 0 Å². The molecule has 1 heterocycles. The summed E-state index contributed by atoms with van der Waals surface area (Å²) in [5.74, 6) is 0. The quantitative estimate of drug-likeness (QED) is 0.558. The van der Waals surface area contributed by atoms with Crippen LogP contribution >= 0.6 is 0 Å². The van der Waals surface area contributed by atoms with Crippen molar-refractivity contribution in [2.24, 2.45) is 0 Å². The third-order valence-electron chi connectivity index (χ3n) is 1.70. The molecule has 1 saturated heterocycles. The second kappa shape index (κ2) is 3.62. The van der Waals surface area contributed by atoms with Gasteiger partial charge >= 0.3 is 0 Å². The third-order valence-corrected chi connectivity index (χ3v) is 1.70. The van der Waals surface area contributed by atoms with Gasteiger partial charge in [-0.1, -0.05) is 12.8 Å². The van der Waals surface area contributed by atoms with Crippen LogP contribution in [0.5, 0.6) is 0 Å². The second-order valence-electron chi connectivity index (χ2n) is 2.47. The smallest absolute Gasteiger partial charge is 0.216 e. The lowest BCUT2D eigenvalue weighted by Crippen LogP contribution is -2.29. The predicted octanol–water partition coefficient (Wildman–Crippen LogP) is 0.628. The number of hydrogen-bond donors (Lipinski definition) is 1. The summed E-state index contributed by atoms with van der Waals surface area (Å²) in [4.78, 5) is 10.1. The molecule has 0 spiro atoms. The van der Waals surface area contributed by atoms with Gasteiger partial charge in [0.25, 0.3) is 0 Å². The first kappa shape index (κ1) is 6.75. The molecular formula is C7H12NO. The van der Waals surface area contributed by atoms with E-state index in [-0.39, 0.29) is 6.04 Å². The lowest BCUT2D eigenvalue weighted by atomic mass is 10.1. The number of carbonyl (C=O) groups excluding carboxylic acids is 1. The second-order valence-corrected chi connectivity index (χ2v) is 2.47. The SMILES string of the molecule is O=[C]C1CCCCCN1. The van der Waals surface area contributed by atoms with Gasteiger partial charge < -0.3 is 5.32 Å². The highest BCUT2D eigenvalue weighted by Crippen LogP contribution is 2.05. The van der Waals surface area contributed by atoms with Crippen molar-refractivity contribution < 1.29 is 4.79 Å². The van der Waals surface area contributed by atoms with Crippen molar-refractivity contribution in [1.29, 1.82) is 0 Å². The van der Waals surface area contributed by atoms with Gasteiger partial charge in [0.05, 0.1) is 6.04 Å². The molecule has 2 nitrogen and oxygen atoms in total. The summed E-state index contributed by atoms with van der Waals surface area (Å²) in [7, 11) is 0. The normalized spacial score (nSPS) is 29.1. The van der Waals surface area contributed by atoms with Crippen LogP contribution in [0.4, 0.5) is 0 Å². The zero-order valence-electron chi connectivity index (χ0n) is 5.52. The zero-order valence-corrected chi connectivity index (χ0v) is 5.52. The Morgan fingerprint density at radius 3 is 3.00 bits per heavy atom. The van der Waals surface area contributed by atoms with Crippen molar-refractivity contribution in [3.05, 3.63) is 0 Å². The highest BCUT2D eigenvalue weighted by molar-refractivity contribution is 5.58. The molecule has 2 heteroatoms. The molecule has 1 radical (unpaired) electrons. The van der Waals surface area contributed by atoms with E-state index in [1.54, 1.807) is 0 Å². The highest BCUT2D eigenvalue weighted by atomic mass is 16.1. The molecule has 1 rings (SSSR count). The van der Waals surface area contributed by atoms with Gasteiger partial charge in [-0.05, 0) is 19.4 Å². The molecule has 0 aromatic carbocycles. The molecule has 1 fully saturated rings. The fourth-order valence-electron chi connectivity index (χ4n) is 1.13. The van der Waals surface area contributed by atoms with Gasteiger partial charge in [0.15, 0.2) is 0 Å². The molecular weight excluding hydrogens is 114 g/mol. The first-order valence-electron chi connectivity index (χ1n) is 3.54. The van der Waals surface area contributed by atoms with Gasteiger partial charge in [-0.15, -0.1) is 0 Å². The molecule has 9 heavy (non-hydrogen) atoms. The summed E-state index contributed by atoms with van der Waals surface area (Å²) in [6, 6.07) is 0.0208. The Hall–Kier alpha value is -0.370. The molecule has 0 bridgehead atoms. The van der Waals surface area contributed by atoms with Crippen molar-refractivity contribution in [2.75, 3.05) is 6.54 Å². The zero-order chi connectivity index (χ0) is 6.53. The molecule has 1 aliphatic heterocycles. The fourth-order valence-corrected chi connectivity index (χ4v) is 1.13. The molecule has 1 unspecified atom stereocenters. The van der Waals surface area contributed by atoms with Crippen molar-refractivity contribution in [3.8, 4) is 0 Å². The molecule has 0 aromatic rings. The average molecular weight is 126 g/mol. The van der Waals surface area contributed by atoms with E-state index < -0.39 is 0 Å². The van der Waals surface area contributed by atoms with E-state index in [0.29, 0.717) is 0 Å². The summed E-state index contributed by atoms with van der Waals surface area (Å²) >= 11 is 0.